The van der Waals surface area contributed by atoms with Crippen molar-refractivity contribution in [2.24, 2.45) is 0 Å². The molecule has 0 spiro atoms. The number of aromatic nitrogens is 1. The maximum Gasteiger partial charge on any atom is 0.133 e. The van der Waals surface area contributed by atoms with Crippen molar-refractivity contribution in [2.75, 3.05) is 45.7 Å². The second-order valence-corrected chi connectivity index (χ2v) is 4.96. The van der Waals surface area contributed by atoms with Crippen LogP contribution in [0.4, 0.5) is 5.82 Å². The van der Waals surface area contributed by atoms with Crippen LogP contribution in [0.1, 0.15) is 6.42 Å². The lowest BCUT2D eigenvalue weighted by Crippen LogP contribution is -2.27. The van der Waals surface area contributed by atoms with E-state index in [9.17, 15) is 0 Å². The molecule has 0 saturated heterocycles. The molecule has 0 amide bonds. The van der Waals surface area contributed by atoms with Gasteiger partial charge >= 0.3 is 0 Å². The highest BCUT2D eigenvalue weighted by Gasteiger charge is 2.02. The predicted molar refractivity (Wildman–Crippen MR) is 84.2 cm³/mol. The lowest BCUT2D eigenvalue weighted by Gasteiger charge is -2.17. The Kier molecular flexibility index (Phi) is 5.77. The number of hydrogen-bond donors (Lipinski definition) is 1. The van der Waals surface area contributed by atoms with Crippen molar-refractivity contribution in [1.29, 1.82) is 0 Å². The van der Waals surface area contributed by atoms with Gasteiger partial charge in [-0.1, -0.05) is 24.3 Å². The third-order valence-corrected chi connectivity index (χ3v) is 3.35. The van der Waals surface area contributed by atoms with Crippen molar-refractivity contribution >= 4 is 16.6 Å². The molecule has 0 bridgehead atoms. The van der Waals surface area contributed by atoms with E-state index in [1.807, 2.05) is 18.3 Å². The standard InChI is InChI=1S/C16H23N3O/c1-19(11-5-13-20-2)12-10-18-16-15-7-4-3-6-14(15)8-9-17-16/h3-4,6-9H,5,10-13H2,1-2H3,(H,17,18). The smallest absolute Gasteiger partial charge is 0.133 e. The number of likely N-dealkylation sites (N-methyl/N-ethyl adjacent to an activating group) is 1. The first kappa shape index (κ1) is 14.8. The zero-order chi connectivity index (χ0) is 14.2. The summed E-state index contributed by atoms with van der Waals surface area (Å²) in [6.45, 7) is 3.76. The minimum atomic E-state index is 0.822. The average Bonchev–Trinajstić information content (AvgIpc) is 2.48. The lowest BCUT2D eigenvalue weighted by molar-refractivity contribution is 0.180. The summed E-state index contributed by atoms with van der Waals surface area (Å²) in [5.41, 5.74) is 0. The molecule has 0 unspecified atom stereocenters. The van der Waals surface area contributed by atoms with Gasteiger partial charge in [-0.2, -0.15) is 0 Å². The van der Waals surface area contributed by atoms with E-state index in [2.05, 4.69) is 40.4 Å². The maximum atomic E-state index is 5.06. The van der Waals surface area contributed by atoms with Crippen molar-refractivity contribution in [1.82, 2.24) is 9.88 Å². The summed E-state index contributed by atoms with van der Waals surface area (Å²) >= 11 is 0. The van der Waals surface area contributed by atoms with E-state index < -0.39 is 0 Å². The summed E-state index contributed by atoms with van der Waals surface area (Å²) in [7, 11) is 3.88. The van der Waals surface area contributed by atoms with Crippen molar-refractivity contribution in [3.05, 3.63) is 36.5 Å². The third kappa shape index (κ3) is 4.18. The van der Waals surface area contributed by atoms with Crippen LogP contribution < -0.4 is 5.32 Å². The minimum absolute atomic E-state index is 0.822. The first-order valence-corrected chi connectivity index (χ1v) is 7.06. The summed E-state index contributed by atoms with van der Waals surface area (Å²) in [5, 5.41) is 5.82. The Labute approximate surface area is 120 Å². The SMILES string of the molecule is COCCCN(C)CCNc1nccc2ccccc12. The van der Waals surface area contributed by atoms with Gasteiger partial charge in [0.15, 0.2) is 0 Å². The van der Waals surface area contributed by atoms with E-state index >= 15 is 0 Å². The second-order valence-electron chi connectivity index (χ2n) is 4.96. The lowest BCUT2D eigenvalue weighted by atomic mass is 10.1. The van der Waals surface area contributed by atoms with Crippen LogP contribution in [-0.2, 0) is 4.74 Å². The monoisotopic (exact) mass is 273 g/mol. The molecule has 1 N–H and O–H groups in total. The molecule has 1 aromatic carbocycles. The average molecular weight is 273 g/mol. The number of nitrogens with one attached hydrogen (secondary N) is 1. The summed E-state index contributed by atoms with van der Waals surface area (Å²) in [6, 6.07) is 10.4. The zero-order valence-corrected chi connectivity index (χ0v) is 12.3. The molecule has 0 aliphatic carbocycles. The van der Waals surface area contributed by atoms with Gasteiger partial charge in [0.05, 0.1) is 0 Å². The highest BCUT2D eigenvalue weighted by Crippen LogP contribution is 2.19. The Bertz CT molecular complexity index is 525. The van der Waals surface area contributed by atoms with Crippen molar-refractivity contribution in [3.63, 3.8) is 0 Å². The Balaban J connectivity index is 1.84. The second kappa shape index (κ2) is 7.82. The molecule has 2 rings (SSSR count). The van der Waals surface area contributed by atoms with Crippen LogP contribution in [0.2, 0.25) is 0 Å². The van der Waals surface area contributed by atoms with Crippen molar-refractivity contribution in [2.45, 2.75) is 6.42 Å². The van der Waals surface area contributed by atoms with E-state index in [0.717, 1.165) is 38.5 Å². The number of methoxy groups -OCH3 is 1. The van der Waals surface area contributed by atoms with Gasteiger partial charge in [0.2, 0.25) is 0 Å². The van der Waals surface area contributed by atoms with Gasteiger partial charge in [0.25, 0.3) is 0 Å². The fourth-order valence-electron chi connectivity index (χ4n) is 2.22. The molecule has 20 heavy (non-hydrogen) atoms. The Morgan fingerprint density at radius 1 is 1.20 bits per heavy atom. The topological polar surface area (TPSA) is 37.4 Å². The van der Waals surface area contributed by atoms with E-state index in [1.54, 1.807) is 7.11 Å². The van der Waals surface area contributed by atoms with Crippen LogP contribution in [0.5, 0.6) is 0 Å². The van der Waals surface area contributed by atoms with Crippen LogP contribution in [0.25, 0.3) is 10.8 Å². The molecule has 4 heteroatoms. The highest BCUT2D eigenvalue weighted by atomic mass is 16.5. The number of pyridine rings is 1. The molecular formula is C16H23N3O. The molecule has 2 aromatic rings. The van der Waals surface area contributed by atoms with E-state index in [1.165, 1.54) is 10.8 Å². The van der Waals surface area contributed by atoms with Crippen LogP contribution >= 0.6 is 0 Å². The molecule has 4 nitrogen and oxygen atoms in total. The molecule has 0 saturated carbocycles. The van der Waals surface area contributed by atoms with Gasteiger partial charge in [-0.25, -0.2) is 4.98 Å². The van der Waals surface area contributed by atoms with Crippen molar-refractivity contribution in [3.8, 4) is 0 Å². The minimum Gasteiger partial charge on any atom is -0.385 e. The number of nitrogens with zero attached hydrogens (tertiary/aromatic N) is 2. The Hall–Kier alpha value is -1.65. The molecule has 0 radical (unpaired) electrons. The largest absolute Gasteiger partial charge is 0.385 e. The number of rotatable bonds is 8. The van der Waals surface area contributed by atoms with Gasteiger partial charge in [-0.3, -0.25) is 0 Å². The molecule has 0 fully saturated rings. The summed E-state index contributed by atoms with van der Waals surface area (Å²) in [5.74, 6) is 0.966. The Morgan fingerprint density at radius 3 is 2.90 bits per heavy atom. The van der Waals surface area contributed by atoms with E-state index in [-0.39, 0.29) is 0 Å². The first-order chi connectivity index (χ1) is 9.81. The number of benzene rings is 1. The molecule has 108 valence electrons. The maximum absolute atomic E-state index is 5.06. The zero-order valence-electron chi connectivity index (χ0n) is 12.3. The normalized spacial score (nSPS) is 11.2. The van der Waals surface area contributed by atoms with Crippen LogP contribution in [-0.4, -0.2) is 50.3 Å². The number of ether oxygens (including phenoxy) is 1. The van der Waals surface area contributed by atoms with Crippen LogP contribution in [0, 0.1) is 0 Å². The summed E-state index contributed by atoms with van der Waals surface area (Å²) in [4.78, 5) is 6.73. The van der Waals surface area contributed by atoms with Crippen molar-refractivity contribution < 1.29 is 4.74 Å². The fourth-order valence-corrected chi connectivity index (χ4v) is 2.22. The number of fused-ring (bicyclic) bond motifs is 1. The molecular weight excluding hydrogens is 250 g/mol. The number of hydrogen-bond acceptors (Lipinski definition) is 4. The molecule has 0 aliphatic rings. The third-order valence-electron chi connectivity index (χ3n) is 3.35. The summed E-state index contributed by atoms with van der Waals surface area (Å²) < 4.78 is 5.06. The molecule has 1 heterocycles. The molecule has 0 aliphatic heterocycles. The highest BCUT2D eigenvalue weighted by molar-refractivity contribution is 5.91. The van der Waals surface area contributed by atoms with Gasteiger partial charge in [0, 0.05) is 44.9 Å². The molecule has 1 aromatic heterocycles. The van der Waals surface area contributed by atoms with Crippen LogP contribution in [0.15, 0.2) is 36.5 Å². The molecule has 0 atom stereocenters. The van der Waals surface area contributed by atoms with Gasteiger partial charge in [-0.05, 0) is 24.9 Å². The fraction of sp³-hybridized carbons (Fsp3) is 0.438. The number of anilines is 1. The Morgan fingerprint density at radius 2 is 2.05 bits per heavy atom. The quantitative estimate of drug-likeness (QED) is 0.750. The van der Waals surface area contributed by atoms with Gasteiger partial charge in [-0.15, -0.1) is 0 Å². The predicted octanol–water partition coefficient (Wildman–Crippen LogP) is 2.62. The van der Waals surface area contributed by atoms with E-state index in [4.69, 9.17) is 4.74 Å². The first-order valence-electron chi connectivity index (χ1n) is 7.06. The van der Waals surface area contributed by atoms with Gasteiger partial charge in [0.1, 0.15) is 5.82 Å². The van der Waals surface area contributed by atoms with Crippen LogP contribution in [0.3, 0.4) is 0 Å². The van der Waals surface area contributed by atoms with E-state index in [0.29, 0.717) is 0 Å². The summed E-state index contributed by atoms with van der Waals surface area (Å²) in [6.07, 6.45) is 2.92. The van der Waals surface area contributed by atoms with Gasteiger partial charge < -0.3 is 15.0 Å².